The Morgan fingerprint density at radius 1 is 1.23 bits per heavy atom. The van der Waals surface area contributed by atoms with E-state index in [1.807, 2.05) is 56.0 Å². The predicted octanol–water partition coefficient (Wildman–Crippen LogP) is 4.32. The van der Waals surface area contributed by atoms with Crippen LogP contribution in [0.25, 0.3) is 11.4 Å². The number of nitrogens with zero attached hydrogens (tertiary/aromatic N) is 3. The number of aromatic nitrogens is 2. The Kier molecular flexibility index (Phi) is 5.59. The zero-order chi connectivity index (χ0) is 18.6. The Bertz CT molecular complexity index is 713. The fourth-order valence-electron chi connectivity index (χ4n) is 3.12. The van der Waals surface area contributed by atoms with E-state index in [1.54, 1.807) is 0 Å². The molecule has 2 aromatic rings. The number of ether oxygens (including phenoxy) is 1. The molecule has 1 aliphatic heterocycles. The first-order valence-corrected chi connectivity index (χ1v) is 9.26. The molecule has 1 saturated heterocycles. The summed E-state index contributed by atoms with van der Waals surface area (Å²) >= 11 is 0. The molecule has 1 fully saturated rings. The summed E-state index contributed by atoms with van der Waals surface area (Å²) in [5.74, 6) is 1.89. The first-order chi connectivity index (χ1) is 12.4. The third kappa shape index (κ3) is 5.07. The molecule has 1 aromatic heterocycles. The van der Waals surface area contributed by atoms with Crippen molar-refractivity contribution in [3.8, 4) is 11.4 Å². The molecule has 3 rings (SSSR count). The Hall–Kier alpha value is -2.37. The molecule has 6 heteroatoms. The van der Waals surface area contributed by atoms with Crippen LogP contribution in [0.2, 0.25) is 0 Å². The molecule has 0 spiro atoms. The Labute approximate surface area is 154 Å². The average molecular weight is 357 g/mol. The molecule has 1 amide bonds. The number of aryl methyl sites for hydroxylation is 1. The minimum absolute atomic E-state index is 0.208. The number of benzene rings is 1. The van der Waals surface area contributed by atoms with Crippen LogP contribution >= 0.6 is 0 Å². The number of hydrogen-bond acceptors (Lipinski definition) is 5. The molecular weight excluding hydrogens is 330 g/mol. The second-order valence-corrected chi connectivity index (χ2v) is 7.83. The first kappa shape index (κ1) is 18.4. The van der Waals surface area contributed by atoms with Crippen molar-refractivity contribution in [1.29, 1.82) is 0 Å². The molecule has 0 saturated carbocycles. The summed E-state index contributed by atoms with van der Waals surface area (Å²) in [6, 6.07) is 9.84. The molecule has 0 bridgehead atoms. The normalized spacial score (nSPS) is 15.9. The average Bonchev–Trinajstić information content (AvgIpc) is 3.09. The van der Waals surface area contributed by atoms with Gasteiger partial charge in [0.15, 0.2) is 0 Å². The van der Waals surface area contributed by atoms with Crippen molar-refractivity contribution >= 4 is 6.09 Å². The van der Waals surface area contributed by atoms with Gasteiger partial charge < -0.3 is 14.2 Å². The lowest BCUT2D eigenvalue weighted by Crippen LogP contribution is -2.41. The number of carbonyl (C=O) groups is 1. The lowest BCUT2D eigenvalue weighted by atomic mass is 9.92. The summed E-state index contributed by atoms with van der Waals surface area (Å²) in [6.45, 7) is 7.18. The highest BCUT2D eigenvalue weighted by molar-refractivity contribution is 5.68. The van der Waals surface area contributed by atoms with Gasteiger partial charge in [0.05, 0.1) is 0 Å². The quantitative estimate of drug-likeness (QED) is 0.815. The van der Waals surface area contributed by atoms with E-state index in [0.717, 1.165) is 44.3 Å². The van der Waals surface area contributed by atoms with E-state index in [9.17, 15) is 4.79 Å². The first-order valence-electron chi connectivity index (χ1n) is 9.26. The number of hydrogen-bond donors (Lipinski definition) is 0. The van der Waals surface area contributed by atoms with Crippen LogP contribution < -0.4 is 0 Å². The van der Waals surface area contributed by atoms with Crippen molar-refractivity contribution < 1.29 is 14.1 Å². The van der Waals surface area contributed by atoms with Gasteiger partial charge >= 0.3 is 6.09 Å². The second-order valence-electron chi connectivity index (χ2n) is 7.83. The van der Waals surface area contributed by atoms with Crippen molar-refractivity contribution in [2.45, 2.75) is 52.1 Å². The van der Waals surface area contributed by atoms with Crippen molar-refractivity contribution in [1.82, 2.24) is 15.0 Å². The van der Waals surface area contributed by atoms with E-state index in [1.165, 1.54) is 0 Å². The van der Waals surface area contributed by atoms with Gasteiger partial charge in [-0.1, -0.05) is 35.5 Å². The minimum Gasteiger partial charge on any atom is -0.444 e. The molecule has 0 unspecified atom stereocenters. The lowest BCUT2D eigenvalue weighted by molar-refractivity contribution is 0.0180. The Morgan fingerprint density at radius 2 is 1.92 bits per heavy atom. The lowest BCUT2D eigenvalue weighted by Gasteiger charge is -2.33. The van der Waals surface area contributed by atoms with Crippen LogP contribution in [-0.2, 0) is 11.2 Å². The Balaban J connectivity index is 1.44. The largest absolute Gasteiger partial charge is 0.444 e. The van der Waals surface area contributed by atoms with Crippen LogP contribution in [0, 0.1) is 5.92 Å². The van der Waals surface area contributed by atoms with Gasteiger partial charge in [-0.05, 0) is 46.0 Å². The van der Waals surface area contributed by atoms with E-state index < -0.39 is 5.60 Å². The van der Waals surface area contributed by atoms with Gasteiger partial charge in [0, 0.05) is 25.1 Å². The molecule has 0 atom stereocenters. The van der Waals surface area contributed by atoms with Crippen LogP contribution in [0.15, 0.2) is 34.9 Å². The Morgan fingerprint density at radius 3 is 2.58 bits per heavy atom. The van der Waals surface area contributed by atoms with Crippen molar-refractivity contribution in [2.24, 2.45) is 5.92 Å². The molecule has 0 N–H and O–H groups in total. The van der Waals surface area contributed by atoms with E-state index in [4.69, 9.17) is 9.26 Å². The fourth-order valence-corrected chi connectivity index (χ4v) is 3.12. The van der Waals surface area contributed by atoms with Crippen molar-refractivity contribution in [2.75, 3.05) is 13.1 Å². The van der Waals surface area contributed by atoms with Crippen molar-refractivity contribution in [3.05, 3.63) is 36.2 Å². The zero-order valence-electron chi connectivity index (χ0n) is 15.8. The van der Waals surface area contributed by atoms with E-state index in [0.29, 0.717) is 17.6 Å². The van der Waals surface area contributed by atoms with Crippen LogP contribution in [0.3, 0.4) is 0 Å². The third-order valence-electron chi connectivity index (χ3n) is 4.53. The molecule has 26 heavy (non-hydrogen) atoms. The minimum atomic E-state index is -0.442. The zero-order valence-corrected chi connectivity index (χ0v) is 15.8. The number of carbonyl (C=O) groups excluding carboxylic acids is 1. The molecule has 2 heterocycles. The maximum absolute atomic E-state index is 12.1. The standard InChI is InChI=1S/C20H27N3O3/c1-20(2,3)25-19(24)23-13-11-15(12-14-23)9-10-17-21-18(22-26-17)16-7-5-4-6-8-16/h4-8,15H,9-14H2,1-3H3. The van der Waals surface area contributed by atoms with Gasteiger partial charge in [0.2, 0.25) is 11.7 Å². The molecule has 1 aliphatic rings. The van der Waals surface area contributed by atoms with E-state index >= 15 is 0 Å². The van der Waals surface area contributed by atoms with E-state index in [-0.39, 0.29) is 6.09 Å². The fraction of sp³-hybridized carbons (Fsp3) is 0.550. The number of piperidine rings is 1. The maximum atomic E-state index is 12.1. The van der Waals surface area contributed by atoms with Crippen LogP contribution in [0.4, 0.5) is 4.79 Å². The van der Waals surface area contributed by atoms with Crippen LogP contribution in [0.1, 0.15) is 45.9 Å². The number of amides is 1. The second kappa shape index (κ2) is 7.89. The molecule has 1 aromatic carbocycles. The maximum Gasteiger partial charge on any atom is 0.410 e. The SMILES string of the molecule is CC(C)(C)OC(=O)N1CCC(CCc2nc(-c3ccccc3)no2)CC1. The summed E-state index contributed by atoms with van der Waals surface area (Å²) in [6.07, 6.45) is 3.54. The smallest absolute Gasteiger partial charge is 0.410 e. The summed E-state index contributed by atoms with van der Waals surface area (Å²) < 4.78 is 10.8. The van der Waals surface area contributed by atoms with Gasteiger partial charge in [0.25, 0.3) is 0 Å². The third-order valence-corrected chi connectivity index (χ3v) is 4.53. The highest BCUT2D eigenvalue weighted by Crippen LogP contribution is 2.24. The molecule has 6 nitrogen and oxygen atoms in total. The molecule has 0 aliphatic carbocycles. The molecule has 140 valence electrons. The number of rotatable bonds is 4. The highest BCUT2D eigenvalue weighted by Gasteiger charge is 2.27. The van der Waals surface area contributed by atoms with E-state index in [2.05, 4.69) is 10.1 Å². The summed E-state index contributed by atoms with van der Waals surface area (Å²) in [5, 5.41) is 4.06. The monoisotopic (exact) mass is 357 g/mol. The van der Waals surface area contributed by atoms with Crippen LogP contribution in [-0.4, -0.2) is 39.8 Å². The van der Waals surface area contributed by atoms with Crippen LogP contribution in [0.5, 0.6) is 0 Å². The van der Waals surface area contributed by atoms with Gasteiger partial charge in [-0.2, -0.15) is 4.98 Å². The van der Waals surface area contributed by atoms with Crippen molar-refractivity contribution in [3.63, 3.8) is 0 Å². The van der Waals surface area contributed by atoms with Gasteiger partial charge in [0.1, 0.15) is 5.60 Å². The molecular formula is C20H27N3O3. The molecule has 0 radical (unpaired) electrons. The van der Waals surface area contributed by atoms with Gasteiger partial charge in [-0.15, -0.1) is 0 Å². The number of likely N-dealkylation sites (tertiary alicyclic amines) is 1. The highest BCUT2D eigenvalue weighted by atomic mass is 16.6. The topological polar surface area (TPSA) is 68.5 Å². The van der Waals surface area contributed by atoms with Gasteiger partial charge in [-0.3, -0.25) is 0 Å². The summed E-state index contributed by atoms with van der Waals surface area (Å²) in [7, 11) is 0. The summed E-state index contributed by atoms with van der Waals surface area (Å²) in [4.78, 5) is 18.4. The predicted molar refractivity (Wildman–Crippen MR) is 98.6 cm³/mol. The summed E-state index contributed by atoms with van der Waals surface area (Å²) in [5.41, 5.74) is 0.524. The van der Waals surface area contributed by atoms with Gasteiger partial charge in [-0.25, -0.2) is 4.79 Å².